The van der Waals surface area contributed by atoms with E-state index in [1.807, 2.05) is 11.8 Å². The highest BCUT2D eigenvalue weighted by Crippen LogP contribution is 2.12. The molecule has 7 nitrogen and oxygen atoms in total. The van der Waals surface area contributed by atoms with E-state index in [0.717, 1.165) is 44.8 Å². The summed E-state index contributed by atoms with van der Waals surface area (Å²) in [5.41, 5.74) is 1.03. The van der Waals surface area contributed by atoms with Gasteiger partial charge in [-0.15, -0.1) is 24.8 Å². The van der Waals surface area contributed by atoms with Crippen molar-refractivity contribution in [3.63, 3.8) is 0 Å². The minimum absolute atomic E-state index is 0. The molecule has 2 heterocycles. The van der Waals surface area contributed by atoms with Crippen LogP contribution in [-0.2, 0) is 14.8 Å². The summed E-state index contributed by atoms with van der Waals surface area (Å²) in [4.78, 5) is 16.6. The molecule has 1 aromatic rings. The van der Waals surface area contributed by atoms with Crippen LogP contribution in [0.5, 0.6) is 0 Å². The number of halogens is 2. The fourth-order valence-electron chi connectivity index (χ4n) is 3.05. The molecule has 154 valence electrons. The molecular formula is C17H28Cl2N4O3S. The maximum atomic E-state index is 12.3. The molecule has 0 bridgehead atoms. The smallest absolute Gasteiger partial charge is 0.240 e. The summed E-state index contributed by atoms with van der Waals surface area (Å²) in [5.74, 6) is 0.395. The molecule has 1 amide bonds. The predicted molar refractivity (Wildman–Crippen MR) is 110 cm³/mol. The number of carbonyl (C=O) groups is 1. The van der Waals surface area contributed by atoms with Crippen molar-refractivity contribution >= 4 is 40.7 Å². The largest absolute Gasteiger partial charge is 0.340 e. The minimum atomic E-state index is -3.46. The lowest BCUT2D eigenvalue weighted by molar-refractivity contribution is -0.138. The Morgan fingerprint density at radius 2 is 1.70 bits per heavy atom. The Morgan fingerprint density at radius 1 is 1.11 bits per heavy atom. The molecule has 2 aliphatic heterocycles. The standard InChI is InChI=1S/C17H26N4O3S.2ClH/c1-14-2-4-16(5-3-14)25(23,24)19-6-7-20-8-10-21(11-9-20)17(22)15-12-18-13-15;;/h2-5,15,18-19H,6-13H2,1H3;2*1H. The first kappa shape index (κ1) is 24.1. The summed E-state index contributed by atoms with van der Waals surface area (Å²) >= 11 is 0. The molecule has 0 saturated carbocycles. The van der Waals surface area contributed by atoms with Crippen LogP contribution >= 0.6 is 24.8 Å². The lowest BCUT2D eigenvalue weighted by Crippen LogP contribution is -2.56. The molecule has 0 spiro atoms. The molecular weight excluding hydrogens is 411 g/mol. The van der Waals surface area contributed by atoms with E-state index in [-0.39, 0.29) is 36.6 Å². The molecule has 0 atom stereocenters. The van der Waals surface area contributed by atoms with Crippen molar-refractivity contribution < 1.29 is 13.2 Å². The minimum Gasteiger partial charge on any atom is -0.340 e. The van der Waals surface area contributed by atoms with Crippen LogP contribution < -0.4 is 10.0 Å². The Kier molecular flexibility index (Phi) is 9.47. The molecule has 3 rings (SSSR count). The molecule has 10 heteroatoms. The van der Waals surface area contributed by atoms with Crippen molar-refractivity contribution in [2.75, 3.05) is 52.4 Å². The molecule has 1 aromatic carbocycles. The fourth-order valence-corrected chi connectivity index (χ4v) is 4.07. The van der Waals surface area contributed by atoms with E-state index in [2.05, 4.69) is 14.9 Å². The number of carbonyl (C=O) groups excluding carboxylic acids is 1. The van der Waals surface area contributed by atoms with E-state index in [1.165, 1.54) is 0 Å². The first-order chi connectivity index (χ1) is 12.0. The molecule has 0 aliphatic carbocycles. The highest BCUT2D eigenvalue weighted by molar-refractivity contribution is 7.89. The topological polar surface area (TPSA) is 81.8 Å². The van der Waals surface area contributed by atoms with Gasteiger partial charge >= 0.3 is 0 Å². The number of hydrogen-bond acceptors (Lipinski definition) is 5. The SMILES string of the molecule is Cc1ccc(S(=O)(=O)NCCN2CCN(C(=O)C3CNC3)CC2)cc1.Cl.Cl. The number of aryl methyl sites for hydroxylation is 1. The lowest BCUT2D eigenvalue weighted by atomic mass is 10.0. The van der Waals surface area contributed by atoms with E-state index in [9.17, 15) is 13.2 Å². The number of benzene rings is 1. The van der Waals surface area contributed by atoms with Gasteiger partial charge in [-0.05, 0) is 19.1 Å². The zero-order valence-corrected chi connectivity index (χ0v) is 17.8. The summed E-state index contributed by atoms with van der Waals surface area (Å²) in [6, 6.07) is 6.83. The zero-order valence-electron chi connectivity index (χ0n) is 15.4. The van der Waals surface area contributed by atoms with Crippen LogP contribution in [-0.4, -0.2) is 76.5 Å². The number of nitrogens with one attached hydrogen (secondary N) is 2. The Morgan fingerprint density at radius 3 is 2.22 bits per heavy atom. The second kappa shape index (κ2) is 10.6. The Labute approximate surface area is 173 Å². The third-order valence-electron chi connectivity index (χ3n) is 4.87. The van der Waals surface area contributed by atoms with Gasteiger partial charge in [0.15, 0.2) is 0 Å². The Balaban J connectivity index is 0.00000182. The van der Waals surface area contributed by atoms with Crippen molar-refractivity contribution in [3.8, 4) is 0 Å². The van der Waals surface area contributed by atoms with Crippen LogP contribution in [0.15, 0.2) is 29.2 Å². The maximum Gasteiger partial charge on any atom is 0.240 e. The summed E-state index contributed by atoms with van der Waals surface area (Å²) in [6.07, 6.45) is 0. The van der Waals surface area contributed by atoms with Gasteiger partial charge in [0.05, 0.1) is 10.8 Å². The second-order valence-corrected chi connectivity index (χ2v) is 8.50. The maximum absolute atomic E-state index is 12.3. The quantitative estimate of drug-likeness (QED) is 0.674. The van der Waals surface area contributed by atoms with Crippen LogP contribution in [0, 0.1) is 12.8 Å². The van der Waals surface area contributed by atoms with Gasteiger partial charge in [-0.2, -0.15) is 0 Å². The zero-order chi connectivity index (χ0) is 17.9. The van der Waals surface area contributed by atoms with Gasteiger partial charge in [-0.25, -0.2) is 13.1 Å². The Hall–Kier alpha value is -0.900. The molecule has 27 heavy (non-hydrogen) atoms. The molecule has 0 aromatic heterocycles. The van der Waals surface area contributed by atoms with E-state index < -0.39 is 10.0 Å². The van der Waals surface area contributed by atoms with Gasteiger partial charge in [0.25, 0.3) is 0 Å². The Bertz CT molecular complexity index is 703. The van der Waals surface area contributed by atoms with Crippen LogP contribution in [0.4, 0.5) is 0 Å². The van der Waals surface area contributed by atoms with E-state index in [0.29, 0.717) is 18.0 Å². The molecule has 2 fully saturated rings. The third kappa shape index (κ3) is 6.30. The van der Waals surface area contributed by atoms with E-state index in [4.69, 9.17) is 0 Å². The number of nitrogens with zero attached hydrogens (tertiary/aromatic N) is 2. The van der Waals surface area contributed by atoms with Crippen molar-refractivity contribution in [1.29, 1.82) is 0 Å². The van der Waals surface area contributed by atoms with Gasteiger partial charge in [0.2, 0.25) is 15.9 Å². The van der Waals surface area contributed by atoms with Gasteiger partial charge in [-0.1, -0.05) is 17.7 Å². The molecule has 0 radical (unpaired) electrons. The number of piperazine rings is 1. The highest BCUT2D eigenvalue weighted by Gasteiger charge is 2.30. The van der Waals surface area contributed by atoms with E-state index in [1.54, 1.807) is 24.3 Å². The van der Waals surface area contributed by atoms with Crippen LogP contribution in [0.25, 0.3) is 0 Å². The van der Waals surface area contributed by atoms with Gasteiger partial charge in [-0.3, -0.25) is 9.69 Å². The van der Waals surface area contributed by atoms with Crippen molar-refractivity contribution in [2.45, 2.75) is 11.8 Å². The fraction of sp³-hybridized carbons (Fsp3) is 0.588. The molecule has 2 aliphatic rings. The highest BCUT2D eigenvalue weighted by atomic mass is 35.5. The van der Waals surface area contributed by atoms with Crippen LogP contribution in [0.1, 0.15) is 5.56 Å². The predicted octanol–water partition coefficient (Wildman–Crippen LogP) is 0.481. The first-order valence-corrected chi connectivity index (χ1v) is 10.2. The number of hydrogen-bond donors (Lipinski definition) is 2. The molecule has 2 N–H and O–H groups in total. The van der Waals surface area contributed by atoms with E-state index >= 15 is 0 Å². The van der Waals surface area contributed by atoms with Crippen LogP contribution in [0.3, 0.4) is 0 Å². The normalized spacial score (nSPS) is 18.2. The van der Waals surface area contributed by atoms with Crippen LogP contribution in [0.2, 0.25) is 0 Å². The van der Waals surface area contributed by atoms with Crippen molar-refractivity contribution in [2.24, 2.45) is 5.92 Å². The summed E-state index contributed by atoms with van der Waals surface area (Å²) in [6.45, 7) is 7.56. The number of rotatable bonds is 6. The average Bonchev–Trinajstić information content (AvgIpc) is 2.54. The van der Waals surface area contributed by atoms with Gasteiger partial charge in [0, 0.05) is 52.4 Å². The second-order valence-electron chi connectivity index (χ2n) is 6.73. The van der Waals surface area contributed by atoms with Gasteiger partial charge in [0.1, 0.15) is 0 Å². The summed E-state index contributed by atoms with van der Waals surface area (Å²) in [5, 5.41) is 3.13. The third-order valence-corrected chi connectivity index (χ3v) is 6.34. The summed E-state index contributed by atoms with van der Waals surface area (Å²) in [7, 11) is -3.46. The monoisotopic (exact) mass is 438 g/mol. The van der Waals surface area contributed by atoms with Crippen molar-refractivity contribution in [1.82, 2.24) is 19.8 Å². The van der Waals surface area contributed by atoms with Crippen molar-refractivity contribution in [3.05, 3.63) is 29.8 Å². The number of amides is 1. The molecule has 0 unspecified atom stereocenters. The molecule has 2 saturated heterocycles. The lowest BCUT2D eigenvalue weighted by Gasteiger charge is -2.38. The summed E-state index contributed by atoms with van der Waals surface area (Å²) < 4.78 is 27.2. The average molecular weight is 439 g/mol. The number of sulfonamides is 1. The van der Waals surface area contributed by atoms with Gasteiger partial charge < -0.3 is 10.2 Å². The first-order valence-electron chi connectivity index (χ1n) is 8.74.